The number of carbonyl (C=O) groups is 3. The van der Waals surface area contributed by atoms with E-state index >= 15 is 0 Å². The fraction of sp³-hybridized carbons (Fsp3) is 0.833. The third kappa shape index (κ3) is 2.91. The Labute approximate surface area is 158 Å². The lowest BCUT2D eigenvalue weighted by atomic mass is 9.70. The van der Waals surface area contributed by atoms with Gasteiger partial charge in [-0.15, -0.1) is 11.8 Å². The summed E-state index contributed by atoms with van der Waals surface area (Å²) in [5.74, 6) is -1.22. The lowest BCUT2D eigenvalue weighted by Gasteiger charge is -2.36. The zero-order valence-corrected chi connectivity index (χ0v) is 16.7. The van der Waals surface area contributed by atoms with Gasteiger partial charge in [-0.3, -0.25) is 14.4 Å². The van der Waals surface area contributed by atoms with E-state index in [1.807, 2.05) is 20.8 Å². The third-order valence-electron chi connectivity index (χ3n) is 5.65. The van der Waals surface area contributed by atoms with Gasteiger partial charge < -0.3 is 20.6 Å². The third-order valence-corrected chi connectivity index (χ3v) is 7.60. The molecule has 7 nitrogen and oxygen atoms in total. The lowest BCUT2D eigenvalue weighted by molar-refractivity contribution is -0.140. The molecule has 0 saturated carbocycles. The molecular formula is C18H29N3O4S. The summed E-state index contributed by atoms with van der Waals surface area (Å²) in [4.78, 5) is 40.5. The fourth-order valence-corrected chi connectivity index (χ4v) is 7.06. The first-order valence-corrected chi connectivity index (χ1v) is 10.2. The Balaban J connectivity index is 1.99. The number of hydrogen-bond donors (Lipinski definition) is 3. The predicted octanol–water partition coefficient (Wildman–Crippen LogP) is 0.121. The number of aliphatic hydroxyl groups is 1. The van der Waals surface area contributed by atoms with Crippen molar-refractivity contribution in [2.75, 3.05) is 20.2 Å². The number of likely N-dealkylation sites (tertiary alicyclic amines) is 1. The van der Waals surface area contributed by atoms with Crippen LogP contribution in [0.15, 0.2) is 0 Å². The van der Waals surface area contributed by atoms with Crippen LogP contribution in [-0.2, 0) is 14.4 Å². The Morgan fingerprint density at radius 3 is 2.62 bits per heavy atom. The van der Waals surface area contributed by atoms with Crippen LogP contribution in [0.5, 0.6) is 0 Å². The van der Waals surface area contributed by atoms with E-state index < -0.39 is 22.2 Å². The van der Waals surface area contributed by atoms with E-state index in [1.54, 1.807) is 23.7 Å². The molecule has 3 saturated heterocycles. The van der Waals surface area contributed by atoms with Crippen molar-refractivity contribution in [1.82, 2.24) is 15.5 Å². The first-order chi connectivity index (χ1) is 12.2. The van der Waals surface area contributed by atoms with Gasteiger partial charge in [0.05, 0.1) is 16.6 Å². The molecule has 0 radical (unpaired) electrons. The van der Waals surface area contributed by atoms with Gasteiger partial charge in [-0.05, 0) is 40.0 Å². The van der Waals surface area contributed by atoms with Crippen molar-refractivity contribution in [3.8, 4) is 0 Å². The number of aliphatic hydroxyl groups excluding tert-OH is 1. The molecule has 0 aromatic heterocycles. The van der Waals surface area contributed by atoms with Crippen LogP contribution in [0.25, 0.3) is 0 Å². The Morgan fingerprint density at radius 2 is 2.04 bits per heavy atom. The van der Waals surface area contributed by atoms with Gasteiger partial charge in [0, 0.05) is 31.0 Å². The van der Waals surface area contributed by atoms with Crippen LogP contribution in [0.4, 0.5) is 0 Å². The van der Waals surface area contributed by atoms with Gasteiger partial charge in [0.1, 0.15) is 6.04 Å². The summed E-state index contributed by atoms with van der Waals surface area (Å²) in [6, 6.07) is -0.588. The SMILES string of the molecule is CNC(=O)[C@@H]1[C@H]2C(=O)N(CCCO)C(C(=O)NC(C)(C)C)C23CC[C@H]1S3. The van der Waals surface area contributed by atoms with Crippen molar-refractivity contribution in [3.63, 3.8) is 0 Å². The molecule has 0 aliphatic carbocycles. The average Bonchev–Trinajstić information content (AvgIpc) is 3.18. The Bertz CT molecular complexity index is 620. The van der Waals surface area contributed by atoms with Crippen molar-refractivity contribution in [3.05, 3.63) is 0 Å². The Hall–Kier alpha value is -1.28. The highest BCUT2D eigenvalue weighted by molar-refractivity contribution is 8.02. The van der Waals surface area contributed by atoms with Crippen LogP contribution in [0.1, 0.15) is 40.0 Å². The molecule has 3 aliphatic heterocycles. The summed E-state index contributed by atoms with van der Waals surface area (Å²) in [5.41, 5.74) is -0.404. The van der Waals surface area contributed by atoms with E-state index in [0.717, 1.165) is 12.8 Å². The molecule has 3 N–H and O–H groups in total. The number of nitrogens with zero attached hydrogens (tertiary/aromatic N) is 1. The maximum absolute atomic E-state index is 13.3. The molecule has 0 aromatic carbocycles. The first kappa shape index (κ1) is 19.5. The smallest absolute Gasteiger partial charge is 0.244 e. The van der Waals surface area contributed by atoms with Gasteiger partial charge in [0.25, 0.3) is 0 Å². The highest BCUT2D eigenvalue weighted by atomic mass is 32.2. The number of thioether (sulfide) groups is 1. The van der Waals surface area contributed by atoms with Gasteiger partial charge in [0.15, 0.2) is 0 Å². The number of amides is 3. The normalized spacial score (nSPS) is 35.6. The van der Waals surface area contributed by atoms with E-state index in [1.165, 1.54) is 0 Å². The fourth-order valence-electron chi connectivity index (χ4n) is 4.84. The lowest BCUT2D eigenvalue weighted by Crippen LogP contribution is -2.57. The predicted molar refractivity (Wildman–Crippen MR) is 99.5 cm³/mol. The summed E-state index contributed by atoms with van der Waals surface area (Å²) >= 11 is 1.66. The second-order valence-electron chi connectivity index (χ2n) is 8.52. The van der Waals surface area contributed by atoms with Gasteiger partial charge in [-0.25, -0.2) is 0 Å². The molecular weight excluding hydrogens is 354 g/mol. The van der Waals surface area contributed by atoms with Crippen LogP contribution < -0.4 is 10.6 Å². The van der Waals surface area contributed by atoms with Crippen molar-refractivity contribution in [1.29, 1.82) is 0 Å². The maximum atomic E-state index is 13.3. The zero-order valence-electron chi connectivity index (χ0n) is 15.9. The standard InChI is InChI=1S/C18H29N3O4S/c1-17(2,3)20-15(24)13-18-7-6-10(26-18)11(14(23)19-4)12(18)16(25)21(13)8-5-9-22/h10-13,22H,5-9H2,1-4H3,(H,19,23)(H,20,24)/t10-,11+,12+,13?,18?/m1/s1. The minimum atomic E-state index is -0.588. The number of rotatable bonds is 5. The van der Waals surface area contributed by atoms with E-state index in [-0.39, 0.29) is 35.5 Å². The molecule has 8 heteroatoms. The largest absolute Gasteiger partial charge is 0.396 e. The molecule has 5 atom stereocenters. The minimum Gasteiger partial charge on any atom is -0.396 e. The monoisotopic (exact) mass is 383 g/mol. The molecule has 3 rings (SSSR count). The van der Waals surface area contributed by atoms with Gasteiger partial charge in [0.2, 0.25) is 17.7 Å². The molecule has 3 heterocycles. The zero-order chi connectivity index (χ0) is 19.3. The van der Waals surface area contributed by atoms with Crippen molar-refractivity contribution in [2.24, 2.45) is 11.8 Å². The number of fused-ring (bicyclic) bond motifs is 1. The van der Waals surface area contributed by atoms with Crippen LogP contribution in [0.2, 0.25) is 0 Å². The highest BCUT2D eigenvalue weighted by Gasteiger charge is 2.73. The summed E-state index contributed by atoms with van der Waals surface area (Å²) in [7, 11) is 1.60. The molecule has 2 unspecified atom stereocenters. The van der Waals surface area contributed by atoms with Crippen LogP contribution >= 0.6 is 11.8 Å². The average molecular weight is 384 g/mol. The molecule has 3 fully saturated rings. The Kier molecular flexibility index (Phi) is 5.03. The molecule has 1 spiro atoms. The van der Waals surface area contributed by atoms with E-state index in [4.69, 9.17) is 0 Å². The summed E-state index contributed by atoms with van der Waals surface area (Å²) in [6.45, 7) is 6.05. The topological polar surface area (TPSA) is 98.7 Å². The molecule has 3 aliphatic rings. The summed E-state index contributed by atoms with van der Waals surface area (Å²) in [6.07, 6.45) is 2.04. The second kappa shape index (κ2) is 6.71. The number of nitrogens with one attached hydrogen (secondary N) is 2. The maximum Gasteiger partial charge on any atom is 0.244 e. The van der Waals surface area contributed by atoms with Gasteiger partial charge in [-0.1, -0.05) is 0 Å². The van der Waals surface area contributed by atoms with Crippen LogP contribution in [0, 0.1) is 11.8 Å². The highest BCUT2D eigenvalue weighted by Crippen LogP contribution is 2.66. The van der Waals surface area contributed by atoms with Crippen molar-refractivity contribution < 1.29 is 19.5 Å². The van der Waals surface area contributed by atoms with Crippen molar-refractivity contribution >= 4 is 29.5 Å². The first-order valence-electron chi connectivity index (χ1n) is 9.29. The second-order valence-corrected chi connectivity index (χ2v) is 10.1. The molecule has 3 amide bonds. The number of carbonyl (C=O) groups excluding carboxylic acids is 3. The van der Waals surface area contributed by atoms with Gasteiger partial charge >= 0.3 is 0 Å². The summed E-state index contributed by atoms with van der Waals surface area (Å²) < 4.78 is -0.538. The Morgan fingerprint density at radius 1 is 1.35 bits per heavy atom. The molecule has 0 aromatic rings. The molecule has 2 bridgehead atoms. The van der Waals surface area contributed by atoms with E-state index in [2.05, 4.69) is 10.6 Å². The van der Waals surface area contributed by atoms with Crippen molar-refractivity contribution in [2.45, 2.75) is 61.6 Å². The van der Waals surface area contributed by atoms with Gasteiger partial charge in [-0.2, -0.15) is 0 Å². The quantitative estimate of drug-likeness (QED) is 0.626. The van der Waals surface area contributed by atoms with E-state index in [9.17, 15) is 19.5 Å². The number of hydrogen-bond acceptors (Lipinski definition) is 5. The molecule has 26 heavy (non-hydrogen) atoms. The van der Waals surface area contributed by atoms with E-state index in [0.29, 0.717) is 13.0 Å². The summed E-state index contributed by atoms with van der Waals surface area (Å²) in [5, 5.41) is 15.0. The minimum absolute atomic E-state index is 0.0380. The van der Waals surface area contributed by atoms with Crippen LogP contribution in [-0.4, -0.2) is 69.5 Å². The van der Waals surface area contributed by atoms with Crippen LogP contribution in [0.3, 0.4) is 0 Å². The molecule has 146 valence electrons.